The van der Waals surface area contributed by atoms with Gasteiger partial charge in [-0.25, -0.2) is 0 Å². The third kappa shape index (κ3) is 4.55. The smallest absolute Gasteiger partial charge is 1.00 e. The average Bonchev–Trinajstić information content (AvgIpc) is 1.72. The molecule has 8 heavy (non-hydrogen) atoms. The minimum atomic E-state index is 0. The van der Waals surface area contributed by atoms with Gasteiger partial charge in [0.2, 0.25) is 0 Å². The van der Waals surface area contributed by atoms with E-state index in [0.29, 0.717) is 0 Å². The van der Waals surface area contributed by atoms with E-state index < -0.39 is 0 Å². The van der Waals surface area contributed by atoms with Crippen LogP contribution in [0, 0.1) is 6.20 Å². The Morgan fingerprint density at radius 1 is 1.25 bits per heavy atom. The van der Waals surface area contributed by atoms with E-state index in [4.69, 9.17) is 0 Å². The van der Waals surface area contributed by atoms with Crippen LogP contribution in [0.15, 0.2) is 24.4 Å². The molecule has 0 amide bonds. The maximum atomic E-state index is 3.66. The number of nitrogens with zero attached hydrogens (tertiary/aromatic N) is 1. The van der Waals surface area contributed by atoms with Crippen LogP contribution >= 0.6 is 0 Å². The van der Waals surface area contributed by atoms with Gasteiger partial charge in [0, 0.05) is 0 Å². The van der Waals surface area contributed by atoms with Crippen LogP contribution in [0.5, 0.6) is 0 Å². The molecule has 1 nitrogen and oxygen atoms in total. The Labute approximate surface area is 75.4 Å². The molecule has 1 heterocycles. The normalized spacial score (nSPS) is 6.00. The second-order valence-electron chi connectivity index (χ2n) is 0.959. The summed E-state index contributed by atoms with van der Waals surface area (Å²) in [6, 6.07) is 5.50. The topological polar surface area (TPSA) is 12.9 Å². The van der Waals surface area contributed by atoms with Gasteiger partial charge in [0.1, 0.15) is 0 Å². The summed E-state index contributed by atoms with van der Waals surface area (Å²) >= 11 is 0. The van der Waals surface area contributed by atoms with Gasteiger partial charge in [-0.3, -0.25) is 0 Å². The molecule has 0 aromatic carbocycles. The third-order valence-corrected chi connectivity index (χ3v) is 0.517. The number of pyridine rings is 1. The van der Waals surface area contributed by atoms with E-state index in [2.05, 4.69) is 11.2 Å². The Morgan fingerprint density at radius 3 is 2.12 bits per heavy atom. The summed E-state index contributed by atoms with van der Waals surface area (Å²) in [5.41, 5.74) is 0. The molecule has 0 bridgehead atoms. The summed E-state index contributed by atoms with van der Waals surface area (Å²) in [6.07, 6.45) is 4.34. The first-order valence-electron chi connectivity index (χ1n) is 1.77. The molecule has 0 aliphatic carbocycles. The fourth-order valence-electron chi connectivity index (χ4n) is 0.277. The maximum absolute atomic E-state index is 3.66. The first-order valence-corrected chi connectivity index (χ1v) is 1.77. The molecule has 0 aliphatic heterocycles. The van der Waals surface area contributed by atoms with Crippen molar-refractivity contribution in [1.82, 2.24) is 4.98 Å². The third-order valence-electron chi connectivity index (χ3n) is 0.517. The Hall–Kier alpha value is 0.396. The van der Waals surface area contributed by atoms with Crippen molar-refractivity contribution < 1.29 is 17.0 Å². The van der Waals surface area contributed by atoms with Gasteiger partial charge in [-0.1, -0.05) is 12.4 Å². The molecular formula is C5H4BrMgN. The molecule has 0 fully saturated rings. The van der Waals surface area contributed by atoms with E-state index in [0.717, 1.165) is 0 Å². The van der Waals surface area contributed by atoms with Crippen LogP contribution in [0.2, 0.25) is 0 Å². The predicted octanol–water partition coefficient (Wildman–Crippen LogP) is -2.50. The van der Waals surface area contributed by atoms with E-state index in [1.807, 2.05) is 12.1 Å². The first-order chi connectivity index (χ1) is 3.00. The molecule has 38 valence electrons. The molecule has 0 aliphatic rings. The first kappa shape index (κ1) is 11.2. The van der Waals surface area contributed by atoms with E-state index in [1.165, 1.54) is 0 Å². The molecule has 0 atom stereocenters. The van der Waals surface area contributed by atoms with Crippen molar-refractivity contribution in [1.29, 1.82) is 0 Å². The van der Waals surface area contributed by atoms with Gasteiger partial charge in [0.05, 0.1) is 0 Å². The van der Waals surface area contributed by atoms with Gasteiger partial charge >= 0.3 is 23.1 Å². The van der Waals surface area contributed by atoms with Crippen molar-refractivity contribution >= 4 is 23.1 Å². The van der Waals surface area contributed by atoms with Crippen LogP contribution < -0.4 is 17.0 Å². The Morgan fingerprint density at radius 2 is 2.00 bits per heavy atom. The number of hydrogen-bond acceptors (Lipinski definition) is 1. The van der Waals surface area contributed by atoms with Gasteiger partial charge in [-0.2, -0.15) is 18.2 Å². The van der Waals surface area contributed by atoms with E-state index in [1.54, 1.807) is 12.3 Å². The molecule has 0 N–H and O–H groups in total. The fourth-order valence-corrected chi connectivity index (χ4v) is 0.277. The zero-order valence-electron chi connectivity index (χ0n) is 4.34. The second-order valence-corrected chi connectivity index (χ2v) is 0.959. The largest absolute Gasteiger partial charge is 2.00 e. The minimum Gasteiger partial charge on any atom is -1.00 e. The van der Waals surface area contributed by atoms with Crippen LogP contribution in [-0.4, -0.2) is 28.0 Å². The second kappa shape index (κ2) is 7.40. The zero-order valence-corrected chi connectivity index (χ0v) is 7.34. The SMILES string of the molecule is [Br-].[Mg+2].[c-]1ccccn1. The van der Waals surface area contributed by atoms with Crippen molar-refractivity contribution in [2.24, 2.45) is 0 Å². The molecule has 1 rings (SSSR count). The Balaban J connectivity index is 0. The van der Waals surface area contributed by atoms with Gasteiger partial charge in [0.25, 0.3) is 0 Å². The predicted molar refractivity (Wildman–Crippen MR) is 28.8 cm³/mol. The molecule has 0 saturated carbocycles. The van der Waals surface area contributed by atoms with Crippen LogP contribution in [-0.2, 0) is 0 Å². The molecule has 0 radical (unpaired) electrons. The summed E-state index contributed by atoms with van der Waals surface area (Å²) in [5.74, 6) is 0. The van der Waals surface area contributed by atoms with E-state index >= 15 is 0 Å². The zero-order chi connectivity index (χ0) is 4.24. The van der Waals surface area contributed by atoms with Crippen LogP contribution in [0.1, 0.15) is 0 Å². The number of hydrogen-bond donors (Lipinski definition) is 0. The summed E-state index contributed by atoms with van der Waals surface area (Å²) < 4.78 is 0. The van der Waals surface area contributed by atoms with Crippen LogP contribution in [0.3, 0.4) is 0 Å². The summed E-state index contributed by atoms with van der Waals surface area (Å²) in [7, 11) is 0. The standard InChI is InChI=1S/C5H4N.BrH.Mg/c1-2-4-6-5-3-1;;/h1-4H;1H;/q-1;;+2/p-1. The number of halogens is 1. The van der Waals surface area contributed by atoms with E-state index in [-0.39, 0.29) is 40.0 Å². The summed E-state index contributed by atoms with van der Waals surface area (Å²) in [5, 5.41) is 0. The fraction of sp³-hybridized carbons (Fsp3) is 0. The Kier molecular flexibility index (Phi) is 10.4. The molecule has 0 spiro atoms. The van der Waals surface area contributed by atoms with Gasteiger partial charge in [0.15, 0.2) is 0 Å². The molecule has 0 unspecified atom stereocenters. The molecule has 1 aromatic heterocycles. The van der Waals surface area contributed by atoms with Gasteiger partial charge < -0.3 is 22.0 Å². The molecule has 0 saturated heterocycles. The Bertz CT molecular complexity index is 84.4. The quantitative estimate of drug-likeness (QED) is 0.319. The van der Waals surface area contributed by atoms with Crippen molar-refractivity contribution in [3.8, 4) is 0 Å². The average molecular weight is 182 g/mol. The van der Waals surface area contributed by atoms with Crippen molar-refractivity contribution in [2.45, 2.75) is 0 Å². The molecule has 3 heteroatoms. The summed E-state index contributed by atoms with van der Waals surface area (Å²) in [4.78, 5) is 3.66. The minimum absolute atomic E-state index is 0. The van der Waals surface area contributed by atoms with Crippen LogP contribution in [0.25, 0.3) is 0 Å². The monoisotopic (exact) mass is 181 g/mol. The van der Waals surface area contributed by atoms with E-state index in [9.17, 15) is 0 Å². The molecule has 1 aromatic rings. The summed E-state index contributed by atoms with van der Waals surface area (Å²) in [6.45, 7) is 0. The van der Waals surface area contributed by atoms with Crippen molar-refractivity contribution in [2.75, 3.05) is 0 Å². The maximum Gasteiger partial charge on any atom is 2.00 e. The molecular weight excluding hydrogens is 178 g/mol. The van der Waals surface area contributed by atoms with Crippen molar-refractivity contribution in [3.05, 3.63) is 30.6 Å². The van der Waals surface area contributed by atoms with Gasteiger partial charge in [-0.15, -0.1) is 0 Å². The van der Waals surface area contributed by atoms with Gasteiger partial charge in [-0.05, 0) is 0 Å². The number of rotatable bonds is 0. The number of aromatic nitrogens is 1. The van der Waals surface area contributed by atoms with Crippen LogP contribution in [0.4, 0.5) is 0 Å². The van der Waals surface area contributed by atoms with Crippen molar-refractivity contribution in [3.63, 3.8) is 0 Å².